The van der Waals surface area contributed by atoms with Gasteiger partial charge in [-0.15, -0.1) is 0 Å². The number of hydrogen-bond acceptors (Lipinski definition) is 12. The van der Waals surface area contributed by atoms with Gasteiger partial charge in [-0.05, 0) is 24.6 Å². The van der Waals surface area contributed by atoms with E-state index in [0.29, 0.717) is 12.5 Å². The molecular formula is C33H42F2N4O12. The zero-order valence-corrected chi connectivity index (χ0v) is 28.0. The molecule has 1 unspecified atom stereocenters. The predicted octanol–water partition coefficient (Wildman–Crippen LogP) is 1.25. The zero-order valence-electron chi connectivity index (χ0n) is 28.0. The second-order valence-electron chi connectivity index (χ2n) is 12.1. The van der Waals surface area contributed by atoms with Crippen molar-refractivity contribution in [1.82, 2.24) is 9.55 Å². The molecular weight excluding hydrogens is 682 g/mol. The number of methoxy groups -OCH3 is 1. The average Bonchev–Trinajstić information content (AvgIpc) is 3.43. The van der Waals surface area contributed by atoms with Crippen LogP contribution in [0, 0.1) is 11.6 Å². The smallest absolute Gasteiger partial charge is 0.330 e. The summed E-state index contributed by atoms with van der Waals surface area (Å²) in [5.74, 6) is -5.97. The van der Waals surface area contributed by atoms with Crippen molar-refractivity contribution in [3.8, 4) is 0 Å². The molecule has 280 valence electrons. The Labute approximate surface area is 290 Å². The van der Waals surface area contributed by atoms with Crippen LogP contribution >= 0.6 is 0 Å². The van der Waals surface area contributed by atoms with Crippen LogP contribution in [0.1, 0.15) is 64.5 Å². The molecule has 8 atom stereocenters. The van der Waals surface area contributed by atoms with Gasteiger partial charge in [0, 0.05) is 37.5 Å². The summed E-state index contributed by atoms with van der Waals surface area (Å²) in [4.78, 5) is 65.4. The highest BCUT2D eigenvalue weighted by Crippen LogP contribution is 2.36. The van der Waals surface area contributed by atoms with Gasteiger partial charge in [0.2, 0.25) is 12.2 Å². The van der Waals surface area contributed by atoms with Crippen molar-refractivity contribution >= 4 is 23.5 Å². The van der Waals surface area contributed by atoms with E-state index in [2.05, 4.69) is 17.2 Å². The van der Waals surface area contributed by atoms with Crippen molar-refractivity contribution in [2.24, 2.45) is 5.73 Å². The Morgan fingerprint density at radius 3 is 2.39 bits per heavy atom. The fraction of sp³-hybridized carbons (Fsp3) is 0.545. The Balaban J connectivity index is 1.54. The Hall–Kier alpha value is -4.49. The molecule has 1 saturated heterocycles. The fourth-order valence-electron chi connectivity index (χ4n) is 5.69. The maximum atomic E-state index is 13.7. The summed E-state index contributed by atoms with van der Waals surface area (Å²) < 4.78 is 56.4. The number of nitrogens with two attached hydrogens (primary N) is 1. The van der Waals surface area contributed by atoms with Crippen LogP contribution in [0.4, 0.5) is 14.5 Å². The molecule has 0 radical (unpaired) electrons. The number of halogens is 2. The Morgan fingerprint density at radius 1 is 1.04 bits per heavy atom. The minimum atomic E-state index is -1.96. The Kier molecular flexibility index (Phi) is 14.0. The van der Waals surface area contributed by atoms with Gasteiger partial charge < -0.3 is 44.9 Å². The molecule has 2 amide bonds. The molecule has 51 heavy (non-hydrogen) atoms. The molecule has 0 bridgehead atoms. The van der Waals surface area contributed by atoms with Gasteiger partial charge >= 0.3 is 11.7 Å². The maximum Gasteiger partial charge on any atom is 0.330 e. The number of carbonyl (C=O) groups is 3. The third kappa shape index (κ3) is 10.1. The van der Waals surface area contributed by atoms with E-state index in [-0.39, 0.29) is 12.1 Å². The molecule has 18 heteroatoms. The first-order valence-corrected chi connectivity index (χ1v) is 16.5. The van der Waals surface area contributed by atoms with Gasteiger partial charge in [-0.3, -0.25) is 28.7 Å². The number of aromatic amines is 1. The maximum absolute atomic E-state index is 13.7. The number of H-pyrrole nitrogens is 1. The molecule has 1 aromatic carbocycles. The van der Waals surface area contributed by atoms with E-state index in [9.17, 15) is 43.0 Å². The minimum absolute atomic E-state index is 0.0239. The molecule has 2 aromatic rings. The van der Waals surface area contributed by atoms with E-state index in [1.165, 1.54) is 7.11 Å². The van der Waals surface area contributed by atoms with Crippen molar-refractivity contribution in [2.75, 3.05) is 12.4 Å². The molecule has 0 spiro atoms. The number of aromatic nitrogens is 2. The first-order chi connectivity index (χ1) is 24.3. The number of nitrogens with zero attached hydrogens (tertiary/aromatic N) is 1. The number of unbranched alkanes of at least 4 members (excludes halogenated alkanes) is 6. The predicted molar refractivity (Wildman–Crippen MR) is 173 cm³/mol. The van der Waals surface area contributed by atoms with Crippen LogP contribution in [-0.2, 0) is 38.1 Å². The van der Waals surface area contributed by atoms with Crippen LogP contribution < -0.4 is 22.3 Å². The summed E-state index contributed by atoms with van der Waals surface area (Å²) >= 11 is 0. The SMILES string of the molecule is CCCCCCCCCC(=O)O[C@@H]1[C@H](OC)[C@@H](C(O[C@H]2OC(C(=O)Nc3ccc(F)c(F)c3)=C[C@H](O)[C@@H]2O)C(N)=O)O[C@H]1n1ccc(=O)[nH]c1=O. The normalized spacial score (nSPS) is 25.1. The Morgan fingerprint density at radius 2 is 1.75 bits per heavy atom. The van der Waals surface area contributed by atoms with Crippen molar-refractivity contribution in [3.63, 3.8) is 0 Å². The first kappa shape index (κ1) is 39.3. The highest BCUT2D eigenvalue weighted by Gasteiger charge is 2.54. The number of primary amides is 1. The average molecular weight is 725 g/mol. The van der Waals surface area contributed by atoms with Gasteiger partial charge in [-0.1, -0.05) is 45.4 Å². The molecule has 4 rings (SSSR count). The van der Waals surface area contributed by atoms with E-state index in [4.69, 9.17) is 29.4 Å². The standard InChI is InChI=1S/C33H42F2N4O12/c1-3-4-5-6-7-8-9-10-23(42)49-28-25(47-2)26(50-31(28)39-14-13-22(41)38-33(39)46)27(29(36)44)51-32-24(43)20(40)16-21(48-32)30(45)37-17-11-12-18(34)19(35)15-17/h11-16,20,24-28,31-32,40,43H,3-10H2,1-2H3,(H2,36,44)(H,37,45)(H,38,41,46)/t20-,24-,25+,26-,27?,28+,31+,32+/m0/s1. The van der Waals surface area contributed by atoms with E-state index in [0.717, 1.165) is 73.6 Å². The van der Waals surface area contributed by atoms with E-state index < -0.39 is 95.6 Å². The second kappa shape index (κ2) is 18.1. The largest absolute Gasteiger partial charge is 0.456 e. The highest BCUT2D eigenvalue weighted by molar-refractivity contribution is 6.02. The summed E-state index contributed by atoms with van der Waals surface area (Å²) in [6, 6.07) is 3.55. The number of benzene rings is 1. The quantitative estimate of drug-likeness (QED) is 0.115. The monoisotopic (exact) mass is 724 g/mol. The third-order valence-electron chi connectivity index (χ3n) is 8.33. The van der Waals surface area contributed by atoms with E-state index >= 15 is 0 Å². The van der Waals surface area contributed by atoms with Crippen LogP contribution in [-0.4, -0.2) is 87.6 Å². The number of ether oxygens (including phenoxy) is 5. The van der Waals surface area contributed by atoms with Crippen LogP contribution in [0.2, 0.25) is 0 Å². The number of anilines is 1. The summed E-state index contributed by atoms with van der Waals surface area (Å²) in [7, 11) is 1.20. The lowest BCUT2D eigenvalue weighted by Crippen LogP contribution is -2.54. The van der Waals surface area contributed by atoms with Crippen molar-refractivity contribution < 1.29 is 57.1 Å². The molecule has 6 N–H and O–H groups in total. The molecule has 0 aliphatic carbocycles. The molecule has 2 aliphatic heterocycles. The lowest BCUT2D eigenvalue weighted by Gasteiger charge is -2.35. The van der Waals surface area contributed by atoms with Gasteiger partial charge in [0.05, 0.1) is 0 Å². The lowest BCUT2D eigenvalue weighted by molar-refractivity contribution is -0.241. The molecule has 1 aromatic heterocycles. The second-order valence-corrected chi connectivity index (χ2v) is 12.1. The summed E-state index contributed by atoms with van der Waals surface area (Å²) in [5.41, 5.74) is 3.84. The summed E-state index contributed by atoms with van der Waals surface area (Å²) in [6.07, 6.45) is -4.80. The van der Waals surface area contributed by atoms with E-state index in [1.807, 2.05) is 0 Å². The number of aliphatic hydroxyl groups excluding tert-OH is 2. The minimum Gasteiger partial charge on any atom is -0.456 e. The first-order valence-electron chi connectivity index (χ1n) is 16.5. The topological polar surface area (TPSA) is 231 Å². The Bertz CT molecular complexity index is 1680. The van der Waals surface area contributed by atoms with Crippen LogP contribution in [0.25, 0.3) is 0 Å². The fourth-order valence-corrected chi connectivity index (χ4v) is 5.69. The van der Waals surface area contributed by atoms with Crippen molar-refractivity contribution in [3.05, 3.63) is 74.8 Å². The lowest BCUT2D eigenvalue weighted by atomic mass is 10.0. The number of carbonyl (C=O) groups excluding carboxylic acids is 3. The highest BCUT2D eigenvalue weighted by atomic mass is 19.2. The molecule has 16 nitrogen and oxygen atoms in total. The summed E-state index contributed by atoms with van der Waals surface area (Å²) in [6.45, 7) is 2.11. The number of esters is 1. The number of aliphatic hydroxyl groups is 2. The van der Waals surface area contributed by atoms with Crippen molar-refractivity contribution in [2.45, 2.75) is 107 Å². The molecule has 2 aliphatic rings. The van der Waals surface area contributed by atoms with Gasteiger partial charge in [0.25, 0.3) is 11.5 Å². The van der Waals surface area contributed by atoms with E-state index in [1.54, 1.807) is 0 Å². The molecule has 1 fully saturated rings. The van der Waals surface area contributed by atoms with Gasteiger partial charge in [-0.25, -0.2) is 13.6 Å². The summed E-state index contributed by atoms with van der Waals surface area (Å²) in [5, 5.41) is 23.4. The number of nitrogens with one attached hydrogen (secondary N) is 2. The van der Waals surface area contributed by atoms with Crippen LogP contribution in [0.5, 0.6) is 0 Å². The number of amides is 2. The van der Waals surface area contributed by atoms with Gasteiger partial charge in [0.15, 0.2) is 35.8 Å². The third-order valence-corrected chi connectivity index (χ3v) is 8.33. The van der Waals surface area contributed by atoms with Crippen LogP contribution in [0.3, 0.4) is 0 Å². The van der Waals surface area contributed by atoms with Gasteiger partial charge in [0.1, 0.15) is 24.4 Å². The van der Waals surface area contributed by atoms with Gasteiger partial charge in [-0.2, -0.15) is 0 Å². The number of hydrogen-bond donors (Lipinski definition) is 5. The van der Waals surface area contributed by atoms with Crippen molar-refractivity contribution in [1.29, 1.82) is 0 Å². The van der Waals surface area contributed by atoms with Crippen LogP contribution in [0.15, 0.2) is 51.9 Å². The number of rotatable bonds is 17. The zero-order chi connectivity index (χ0) is 37.2. The molecule has 0 saturated carbocycles. The molecule has 3 heterocycles.